The van der Waals surface area contributed by atoms with E-state index in [1.165, 1.54) is 12.8 Å². The molecule has 2 rings (SSSR count). The molecule has 20 heavy (non-hydrogen) atoms. The van der Waals surface area contributed by atoms with E-state index in [1.54, 1.807) is 0 Å². The van der Waals surface area contributed by atoms with Crippen LogP contribution >= 0.6 is 11.6 Å². The van der Waals surface area contributed by atoms with Crippen LogP contribution in [0.1, 0.15) is 46.2 Å². The molecule has 0 aliphatic carbocycles. The van der Waals surface area contributed by atoms with Crippen molar-refractivity contribution in [1.82, 2.24) is 10.3 Å². The third-order valence-corrected chi connectivity index (χ3v) is 4.15. The second kappa shape index (κ2) is 6.31. The van der Waals surface area contributed by atoms with E-state index >= 15 is 0 Å². The predicted octanol–water partition coefficient (Wildman–Crippen LogP) is 3.86. The molecule has 0 radical (unpaired) electrons. The highest BCUT2D eigenvalue weighted by Gasteiger charge is 2.27. The summed E-state index contributed by atoms with van der Waals surface area (Å²) in [6.45, 7) is 11.8. The molecule has 1 aromatic heterocycles. The first-order valence-corrected chi connectivity index (χ1v) is 7.89. The molecule has 0 bridgehead atoms. The first kappa shape index (κ1) is 15.6. The van der Waals surface area contributed by atoms with E-state index in [9.17, 15) is 0 Å². The van der Waals surface area contributed by atoms with Gasteiger partial charge in [-0.05, 0) is 30.4 Å². The molecular formula is C16H26ClN3. The van der Waals surface area contributed by atoms with Gasteiger partial charge in [-0.1, -0.05) is 39.3 Å². The lowest BCUT2D eigenvalue weighted by Gasteiger charge is -2.38. The standard InChI is InChI=1S/C16H26ClN3/c1-12(2)18-10-14-13(17)6-7-15(19-14)20-9-5-8-16(3,4)11-20/h6-7,12,18H,5,8-11H2,1-4H3. The van der Waals surface area contributed by atoms with Gasteiger partial charge in [0, 0.05) is 25.7 Å². The molecule has 1 aromatic rings. The van der Waals surface area contributed by atoms with Gasteiger partial charge in [-0.2, -0.15) is 0 Å². The highest BCUT2D eigenvalue weighted by molar-refractivity contribution is 6.31. The first-order chi connectivity index (χ1) is 9.37. The number of nitrogens with one attached hydrogen (secondary N) is 1. The zero-order valence-corrected chi connectivity index (χ0v) is 13.8. The van der Waals surface area contributed by atoms with Crippen LogP contribution in [0.25, 0.3) is 0 Å². The quantitative estimate of drug-likeness (QED) is 0.914. The van der Waals surface area contributed by atoms with Crippen molar-refractivity contribution in [3.63, 3.8) is 0 Å². The average Bonchev–Trinajstić information content (AvgIpc) is 2.36. The zero-order valence-electron chi connectivity index (χ0n) is 13.0. The number of rotatable bonds is 4. The van der Waals surface area contributed by atoms with Gasteiger partial charge in [0.15, 0.2) is 0 Å². The molecule has 0 unspecified atom stereocenters. The Kier molecular flexibility index (Phi) is 4.92. The van der Waals surface area contributed by atoms with Crippen LogP contribution in [0, 0.1) is 5.41 Å². The van der Waals surface area contributed by atoms with E-state index in [4.69, 9.17) is 16.6 Å². The summed E-state index contributed by atoms with van der Waals surface area (Å²) in [6.07, 6.45) is 2.52. The van der Waals surface area contributed by atoms with Crippen LogP contribution in [-0.4, -0.2) is 24.1 Å². The Hall–Kier alpha value is -0.800. The molecule has 1 fully saturated rings. The normalized spacial score (nSPS) is 18.6. The number of hydrogen-bond acceptors (Lipinski definition) is 3. The van der Waals surface area contributed by atoms with Gasteiger partial charge < -0.3 is 10.2 Å². The fraction of sp³-hybridized carbons (Fsp3) is 0.688. The van der Waals surface area contributed by atoms with Crippen molar-refractivity contribution in [1.29, 1.82) is 0 Å². The van der Waals surface area contributed by atoms with Crippen molar-refractivity contribution in [2.45, 2.75) is 53.1 Å². The molecule has 4 heteroatoms. The number of pyridine rings is 1. The van der Waals surface area contributed by atoms with Gasteiger partial charge in [-0.15, -0.1) is 0 Å². The fourth-order valence-electron chi connectivity index (χ4n) is 2.69. The summed E-state index contributed by atoms with van der Waals surface area (Å²) in [4.78, 5) is 7.15. The second-order valence-corrected chi connectivity index (χ2v) is 7.23. The largest absolute Gasteiger partial charge is 0.356 e. The topological polar surface area (TPSA) is 28.2 Å². The Morgan fingerprint density at radius 3 is 2.80 bits per heavy atom. The van der Waals surface area contributed by atoms with Gasteiger partial charge in [-0.25, -0.2) is 4.98 Å². The number of anilines is 1. The van der Waals surface area contributed by atoms with Crippen LogP contribution in [-0.2, 0) is 6.54 Å². The van der Waals surface area contributed by atoms with E-state index in [-0.39, 0.29) is 0 Å². The number of piperidine rings is 1. The van der Waals surface area contributed by atoms with Crippen LogP contribution < -0.4 is 10.2 Å². The maximum atomic E-state index is 6.25. The highest BCUT2D eigenvalue weighted by atomic mass is 35.5. The molecule has 0 saturated carbocycles. The Labute approximate surface area is 127 Å². The van der Waals surface area contributed by atoms with Crippen molar-refractivity contribution in [3.8, 4) is 0 Å². The highest BCUT2D eigenvalue weighted by Crippen LogP contribution is 2.31. The van der Waals surface area contributed by atoms with E-state index in [0.717, 1.165) is 36.2 Å². The molecule has 1 aliphatic heterocycles. The fourth-order valence-corrected chi connectivity index (χ4v) is 2.86. The molecule has 1 aliphatic rings. The molecule has 0 amide bonds. The van der Waals surface area contributed by atoms with Gasteiger partial charge >= 0.3 is 0 Å². The van der Waals surface area contributed by atoms with Crippen LogP contribution in [0.2, 0.25) is 5.02 Å². The van der Waals surface area contributed by atoms with Gasteiger partial charge in [0.1, 0.15) is 5.82 Å². The van der Waals surface area contributed by atoms with Crippen LogP contribution in [0.3, 0.4) is 0 Å². The minimum atomic E-state index is 0.371. The van der Waals surface area contributed by atoms with Crippen molar-refractivity contribution < 1.29 is 0 Å². The maximum Gasteiger partial charge on any atom is 0.128 e. The van der Waals surface area contributed by atoms with Gasteiger partial charge in [0.25, 0.3) is 0 Å². The molecular weight excluding hydrogens is 270 g/mol. The summed E-state index contributed by atoms with van der Waals surface area (Å²) >= 11 is 6.25. The van der Waals surface area contributed by atoms with Gasteiger partial charge in [0.05, 0.1) is 10.7 Å². The van der Waals surface area contributed by atoms with E-state index in [2.05, 4.69) is 37.9 Å². The van der Waals surface area contributed by atoms with Crippen molar-refractivity contribution in [3.05, 3.63) is 22.8 Å². The number of hydrogen-bond donors (Lipinski definition) is 1. The minimum absolute atomic E-state index is 0.371. The lowest BCUT2D eigenvalue weighted by molar-refractivity contribution is 0.292. The Morgan fingerprint density at radius 2 is 2.15 bits per heavy atom. The molecule has 2 heterocycles. The lowest BCUT2D eigenvalue weighted by atomic mass is 9.84. The van der Waals surface area contributed by atoms with Crippen LogP contribution in [0.4, 0.5) is 5.82 Å². The van der Waals surface area contributed by atoms with Crippen molar-refractivity contribution >= 4 is 17.4 Å². The SMILES string of the molecule is CC(C)NCc1nc(N2CCCC(C)(C)C2)ccc1Cl. The predicted molar refractivity (Wildman–Crippen MR) is 86.5 cm³/mol. The number of aromatic nitrogens is 1. The van der Waals surface area contributed by atoms with Crippen molar-refractivity contribution in [2.24, 2.45) is 5.41 Å². The lowest BCUT2D eigenvalue weighted by Crippen LogP contribution is -2.40. The Morgan fingerprint density at radius 1 is 1.40 bits per heavy atom. The molecule has 112 valence electrons. The Balaban J connectivity index is 2.14. The number of halogens is 1. The van der Waals surface area contributed by atoms with Crippen molar-refractivity contribution in [2.75, 3.05) is 18.0 Å². The molecule has 0 atom stereocenters. The summed E-state index contributed by atoms with van der Waals surface area (Å²) in [5.74, 6) is 1.06. The summed E-state index contributed by atoms with van der Waals surface area (Å²) in [5.41, 5.74) is 1.32. The van der Waals surface area contributed by atoms with Gasteiger partial charge in [-0.3, -0.25) is 0 Å². The maximum absolute atomic E-state index is 6.25. The molecule has 3 nitrogen and oxygen atoms in total. The van der Waals surface area contributed by atoms with E-state index < -0.39 is 0 Å². The van der Waals surface area contributed by atoms with E-state index in [0.29, 0.717) is 11.5 Å². The van der Waals surface area contributed by atoms with Gasteiger partial charge in [0.2, 0.25) is 0 Å². The van der Waals surface area contributed by atoms with E-state index in [1.807, 2.05) is 12.1 Å². The average molecular weight is 296 g/mol. The Bertz CT molecular complexity index is 457. The molecule has 1 saturated heterocycles. The van der Waals surface area contributed by atoms with Crippen LogP contribution in [0.5, 0.6) is 0 Å². The smallest absolute Gasteiger partial charge is 0.128 e. The summed E-state index contributed by atoms with van der Waals surface area (Å²) in [5, 5.41) is 4.13. The van der Waals surface area contributed by atoms with Crippen LogP contribution in [0.15, 0.2) is 12.1 Å². The third kappa shape index (κ3) is 4.10. The summed E-state index contributed by atoms with van der Waals surface area (Å²) in [7, 11) is 0. The first-order valence-electron chi connectivity index (χ1n) is 7.51. The molecule has 0 spiro atoms. The second-order valence-electron chi connectivity index (χ2n) is 6.82. The third-order valence-electron chi connectivity index (χ3n) is 3.81. The monoisotopic (exact) mass is 295 g/mol. The zero-order chi connectivity index (χ0) is 14.8. The molecule has 1 N–H and O–H groups in total. The number of nitrogens with zero attached hydrogens (tertiary/aromatic N) is 2. The molecule has 0 aromatic carbocycles. The summed E-state index contributed by atoms with van der Waals surface area (Å²) in [6, 6.07) is 4.45. The minimum Gasteiger partial charge on any atom is -0.356 e. The summed E-state index contributed by atoms with van der Waals surface area (Å²) < 4.78 is 0.